The second-order valence-electron chi connectivity index (χ2n) is 3.87. The summed E-state index contributed by atoms with van der Waals surface area (Å²) in [6.45, 7) is 4.78. The number of thiophene rings is 1. The highest BCUT2D eigenvalue weighted by Crippen LogP contribution is 2.28. The number of carbonyl (C=O) groups excluding carboxylic acids is 1. The summed E-state index contributed by atoms with van der Waals surface area (Å²) >= 11 is 2.85. The Morgan fingerprint density at radius 2 is 2.37 bits per heavy atom. The first kappa shape index (κ1) is 13.8. The van der Waals surface area contributed by atoms with Crippen molar-refractivity contribution in [2.45, 2.75) is 20.4 Å². The molecule has 0 amide bonds. The number of nitrogens with zero attached hydrogens (tertiary/aromatic N) is 1. The van der Waals surface area contributed by atoms with E-state index >= 15 is 0 Å². The molecule has 0 aliphatic rings. The molecule has 0 aromatic carbocycles. The molecule has 0 fully saturated rings. The molecule has 2 aromatic heterocycles. The van der Waals surface area contributed by atoms with Crippen molar-refractivity contribution in [1.29, 1.82) is 0 Å². The number of aryl methyl sites for hydroxylation is 1. The molecule has 0 aliphatic heterocycles. The first-order valence-corrected chi connectivity index (χ1v) is 7.48. The van der Waals surface area contributed by atoms with Gasteiger partial charge in [0.05, 0.1) is 13.2 Å². The van der Waals surface area contributed by atoms with E-state index in [0.717, 1.165) is 0 Å². The Labute approximate surface area is 119 Å². The Bertz CT molecular complexity index is 577. The molecule has 102 valence electrons. The lowest BCUT2D eigenvalue weighted by molar-refractivity contribution is 0.0529. The molecule has 5 nitrogen and oxygen atoms in total. The van der Waals surface area contributed by atoms with Crippen LogP contribution in [0.4, 0.5) is 10.8 Å². The van der Waals surface area contributed by atoms with E-state index in [-0.39, 0.29) is 5.82 Å². The number of carbonyl (C=O) groups is 1. The average molecular weight is 297 g/mol. The summed E-state index contributed by atoms with van der Waals surface area (Å²) in [5.41, 5.74) is 7.28. The lowest BCUT2D eigenvalue weighted by atomic mass is 10.3. The third kappa shape index (κ3) is 3.05. The summed E-state index contributed by atoms with van der Waals surface area (Å²) < 4.78 is 8.98. The van der Waals surface area contributed by atoms with Crippen LogP contribution in [0, 0.1) is 6.92 Å². The highest BCUT2D eigenvalue weighted by molar-refractivity contribution is 7.11. The molecule has 0 bridgehead atoms. The van der Waals surface area contributed by atoms with E-state index in [2.05, 4.69) is 22.7 Å². The van der Waals surface area contributed by atoms with Crippen molar-refractivity contribution >= 4 is 39.7 Å². The van der Waals surface area contributed by atoms with Gasteiger partial charge in [-0.05, 0) is 42.4 Å². The topological polar surface area (TPSA) is 77.2 Å². The Hall–Kier alpha value is -1.60. The summed E-state index contributed by atoms with van der Waals surface area (Å²) in [5, 5.41) is 5.90. The molecule has 7 heteroatoms. The third-order valence-electron chi connectivity index (χ3n) is 2.58. The van der Waals surface area contributed by atoms with Gasteiger partial charge in [-0.15, -0.1) is 11.3 Å². The van der Waals surface area contributed by atoms with Gasteiger partial charge in [0.2, 0.25) is 0 Å². The normalized spacial score (nSPS) is 10.4. The summed E-state index contributed by atoms with van der Waals surface area (Å²) in [7, 11) is 0. The van der Waals surface area contributed by atoms with Crippen LogP contribution in [0.1, 0.15) is 27.7 Å². The number of nitrogens with two attached hydrogens (primary N) is 1. The van der Waals surface area contributed by atoms with Gasteiger partial charge in [-0.3, -0.25) is 0 Å². The van der Waals surface area contributed by atoms with Crippen LogP contribution in [0.5, 0.6) is 0 Å². The number of nitrogens with one attached hydrogen (secondary N) is 1. The van der Waals surface area contributed by atoms with Crippen LogP contribution in [0.3, 0.4) is 0 Å². The minimum Gasteiger partial charge on any atom is -0.462 e. The van der Waals surface area contributed by atoms with Crippen molar-refractivity contribution in [3.05, 3.63) is 27.5 Å². The van der Waals surface area contributed by atoms with Crippen LogP contribution in [0.15, 0.2) is 11.4 Å². The van der Waals surface area contributed by atoms with E-state index in [0.29, 0.717) is 23.7 Å². The zero-order valence-corrected chi connectivity index (χ0v) is 12.4. The molecule has 0 atom stereocenters. The molecular weight excluding hydrogens is 282 g/mol. The first-order chi connectivity index (χ1) is 9.13. The lowest BCUT2D eigenvalue weighted by Crippen LogP contribution is -2.09. The SMILES string of the molecule is CCOC(=O)c1c(N)nsc1NCc1sccc1C. The van der Waals surface area contributed by atoms with Gasteiger partial charge in [0, 0.05) is 4.88 Å². The van der Waals surface area contributed by atoms with E-state index in [4.69, 9.17) is 10.5 Å². The van der Waals surface area contributed by atoms with Gasteiger partial charge < -0.3 is 15.8 Å². The van der Waals surface area contributed by atoms with Gasteiger partial charge in [-0.25, -0.2) is 4.79 Å². The number of ether oxygens (including phenoxy) is 1. The third-order valence-corrected chi connectivity index (χ3v) is 4.42. The number of anilines is 2. The minimum atomic E-state index is -0.431. The molecule has 19 heavy (non-hydrogen) atoms. The summed E-state index contributed by atoms with van der Waals surface area (Å²) in [6.07, 6.45) is 0. The Balaban J connectivity index is 2.13. The van der Waals surface area contributed by atoms with Gasteiger partial charge in [0.25, 0.3) is 0 Å². The number of rotatable bonds is 5. The lowest BCUT2D eigenvalue weighted by Gasteiger charge is -2.06. The monoisotopic (exact) mass is 297 g/mol. The molecule has 0 unspecified atom stereocenters. The van der Waals surface area contributed by atoms with Crippen LogP contribution in [-0.4, -0.2) is 16.9 Å². The molecule has 0 saturated heterocycles. The maximum atomic E-state index is 11.8. The van der Waals surface area contributed by atoms with E-state index < -0.39 is 5.97 Å². The Kier molecular flexibility index (Phi) is 4.39. The van der Waals surface area contributed by atoms with Crippen molar-refractivity contribution in [3.63, 3.8) is 0 Å². The molecule has 3 N–H and O–H groups in total. The van der Waals surface area contributed by atoms with Crippen LogP contribution >= 0.6 is 22.9 Å². The number of hydrogen-bond acceptors (Lipinski definition) is 7. The molecular formula is C12H15N3O2S2. The van der Waals surface area contributed by atoms with Crippen molar-refractivity contribution < 1.29 is 9.53 Å². The standard InChI is InChI=1S/C12H15N3O2S2/c1-3-17-12(16)9-10(13)15-19-11(9)14-6-8-7(2)4-5-18-8/h4-5,14H,3,6H2,1-2H3,(H2,13,15). The average Bonchev–Trinajstić information content (AvgIpc) is 2.93. The quantitative estimate of drug-likeness (QED) is 0.830. The highest BCUT2D eigenvalue weighted by atomic mass is 32.1. The smallest absolute Gasteiger partial charge is 0.344 e. The molecule has 2 aromatic rings. The largest absolute Gasteiger partial charge is 0.462 e. The predicted molar refractivity (Wildman–Crippen MR) is 78.9 cm³/mol. The van der Waals surface area contributed by atoms with Gasteiger partial charge in [0.15, 0.2) is 5.82 Å². The Morgan fingerprint density at radius 3 is 3.00 bits per heavy atom. The molecule has 0 radical (unpaired) electrons. The van der Waals surface area contributed by atoms with E-state index in [1.165, 1.54) is 22.0 Å². The van der Waals surface area contributed by atoms with E-state index in [1.54, 1.807) is 18.3 Å². The Morgan fingerprint density at radius 1 is 1.58 bits per heavy atom. The zero-order valence-electron chi connectivity index (χ0n) is 10.7. The fourth-order valence-electron chi connectivity index (χ4n) is 1.57. The van der Waals surface area contributed by atoms with Gasteiger partial charge in [-0.1, -0.05) is 0 Å². The summed E-state index contributed by atoms with van der Waals surface area (Å²) in [4.78, 5) is 13.0. The van der Waals surface area contributed by atoms with Gasteiger partial charge in [-0.2, -0.15) is 4.37 Å². The van der Waals surface area contributed by atoms with Gasteiger partial charge in [0.1, 0.15) is 10.6 Å². The maximum absolute atomic E-state index is 11.8. The number of esters is 1. The van der Waals surface area contributed by atoms with Gasteiger partial charge >= 0.3 is 5.97 Å². The predicted octanol–water partition coefficient (Wildman–Crippen LogP) is 2.88. The number of nitrogen functional groups attached to an aromatic ring is 1. The van der Waals surface area contributed by atoms with Crippen molar-refractivity contribution in [2.75, 3.05) is 17.7 Å². The summed E-state index contributed by atoms with van der Waals surface area (Å²) in [6, 6.07) is 2.06. The molecule has 2 rings (SSSR count). The van der Waals surface area contributed by atoms with Crippen molar-refractivity contribution in [1.82, 2.24) is 4.37 Å². The molecule has 0 aliphatic carbocycles. The van der Waals surface area contributed by atoms with Crippen molar-refractivity contribution in [3.8, 4) is 0 Å². The van der Waals surface area contributed by atoms with Crippen molar-refractivity contribution in [2.24, 2.45) is 0 Å². The van der Waals surface area contributed by atoms with E-state index in [1.807, 2.05) is 5.38 Å². The molecule has 0 saturated carbocycles. The summed E-state index contributed by atoms with van der Waals surface area (Å²) in [5.74, 6) is -0.215. The van der Waals surface area contributed by atoms with Crippen LogP contribution in [-0.2, 0) is 11.3 Å². The maximum Gasteiger partial charge on any atom is 0.344 e. The van der Waals surface area contributed by atoms with Crippen LogP contribution < -0.4 is 11.1 Å². The second kappa shape index (κ2) is 6.03. The van der Waals surface area contributed by atoms with Crippen LogP contribution in [0.2, 0.25) is 0 Å². The minimum absolute atomic E-state index is 0.217. The van der Waals surface area contributed by atoms with E-state index in [9.17, 15) is 4.79 Å². The highest BCUT2D eigenvalue weighted by Gasteiger charge is 2.20. The first-order valence-electron chi connectivity index (χ1n) is 5.82. The molecule has 0 spiro atoms. The zero-order chi connectivity index (χ0) is 13.8. The molecule has 2 heterocycles. The fourth-order valence-corrected chi connectivity index (χ4v) is 3.11. The fraction of sp³-hybridized carbons (Fsp3) is 0.333. The number of hydrogen-bond donors (Lipinski definition) is 2. The number of aromatic nitrogens is 1. The second-order valence-corrected chi connectivity index (χ2v) is 5.65. The van der Waals surface area contributed by atoms with Crippen LogP contribution in [0.25, 0.3) is 0 Å².